The highest BCUT2D eigenvalue weighted by Gasteiger charge is 2.34. The van der Waals surface area contributed by atoms with Crippen molar-refractivity contribution in [2.45, 2.75) is 18.7 Å². The lowest BCUT2D eigenvalue weighted by Crippen LogP contribution is -2.11. The van der Waals surface area contributed by atoms with Crippen LogP contribution in [0.15, 0.2) is 58.1 Å². The van der Waals surface area contributed by atoms with E-state index in [9.17, 15) is 13.2 Å². The number of aliphatic imine (C=N–C) groups is 2. The second-order valence-corrected chi connectivity index (χ2v) is 7.86. The first-order valence-corrected chi connectivity index (χ1v) is 10.6. The summed E-state index contributed by atoms with van der Waals surface area (Å²) in [6, 6.07) is 8.53. The van der Waals surface area contributed by atoms with Crippen LogP contribution in [0.3, 0.4) is 0 Å². The van der Waals surface area contributed by atoms with Crippen LogP contribution in [0.4, 0.5) is 13.2 Å². The zero-order valence-electron chi connectivity index (χ0n) is 16.8. The molecule has 0 bridgehead atoms. The molecular formula is C21H15F3N6O2S. The maximum atomic E-state index is 12.6. The van der Waals surface area contributed by atoms with Gasteiger partial charge in [-0.05, 0) is 17.7 Å². The number of hydrogen-bond donors (Lipinski definition) is 0. The lowest BCUT2D eigenvalue weighted by molar-refractivity contribution is -0.140. The molecule has 1 unspecified atom stereocenters. The molecule has 33 heavy (non-hydrogen) atoms. The molecular weight excluding hydrogens is 457 g/mol. The number of aromatic nitrogens is 4. The Morgan fingerprint density at radius 3 is 2.70 bits per heavy atom. The standard InChI is InChI=1S/C21H15F3N6O2S/c22-21(23,24)17-11-33-20(28-17)32-15-3-1-13(2-4-15)10-31-18-5-6-30-16(9-27-19(30)29-18)14-7-25-12-26-8-14/h1-7,9,11-12,14H,8,10H2. The molecule has 8 nitrogen and oxygen atoms in total. The third kappa shape index (κ3) is 4.70. The van der Waals surface area contributed by atoms with Gasteiger partial charge in [0.1, 0.15) is 18.7 Å². The van der Waals surface area contributed by atoms with Gasteiger partial charge >= 0.3 is 6.18 Å². The first-order valence-electron chi connectivity index (χ1n) is 9.73. The smallest absolute Gasteiger partial charge is 0.434 e. The van der Waals surface area contributed by atoms with E-state index in [0.29, 0.717) is 24.0 Å². The van der Waals surface area contributed by atoms with Crippen LogP contribution >= 0.6 is 11.3 Å². The van der Waals surface area contributed by atoms with Crippen LogP contribution in [0, 0.1) is 0 Å². The van der Waals surface area contributed by atoms with Gasteiger partial charge in [0.25, 0.3) is 5.19 Å². The fraction of sp³-hybridized carbons (Fsp3) is 0.190. The van der Waals surface area contributed by atoms with Crippen molar-refractivity contribution in [3.05, 3.63) is 65.1 Å². The Hall–Kier alpha value is -3.80. The van der Waals surface area contributed by atoms with Gasteiger partial charge in [-0.1, -0.05) is 23.5 Å². The molecule has 0 aliphatic carbocycles. The zero-order valence-corrected chi connectivity index (χ0v) is 17.6. The minimum absolute atomic E-state index is 0.0451. The Bertz CT molecular complexity index is 1330. The molecule has 3 aromatic heterocycles. The van der Waals surface area contributed by atoms with Crippen LogP contribution in [-0.4, -0.2) is 38.5 Å². The highest BCUT2D eigenvalue weighted by molar-refractivity contribution is 7.11. The van der Waals surface area contributed by atoms with Crippen LogP contribution in [-0.2, 0) is 12.8 Å². The average molecular weight is 472 g/mol. The van der Waals surface area contributed by atoms with Gasteiger partial charge in [-0.2, -0.15) is 23.1 Å². The van der Waals surface area contributed by atoms with Gasteiger partial charge in [0.05, 0.1) is 24.4 Å². The third-order valence-electron chi connectivity index (χ3n) is 4.77. The molecule has 1 atom stereocenters. The van der Waals surface area contributed by atoms with Crippen LogP contribution in [0.25, 0.3) is 5.78 Å². The third-order valence-corrected chi connectivity index (χ3v) is 5.48. The predicted octanol–water partition coefficient (Wildman–Crippen LogP) is 4.77. The molecule has 0 spiro atoms. The summed E-state index contributed by atoms with van der Waals surface area (Å²) >= 11 is 0.786. The predicted molar refractivity (Wildman–Crippen MR) is 116 cm³/mol. The Balaban J connectivity index is 1.21. The van der Waals surface area contributed by atoms with Gasteiger partial charge in [-0.15, -0.1) is 0 Å². The van der Waals surface area contributed by atoms with Crippen molar-refractivity contribution in [3.8, 4) is 16.8 Å². The molecule has 0 radical (unpaired) electrons. The maximum absolute atomic E-state index is 12.6. The van der Waals surface area contributed by atoms with Gasteiger partial charge in [-0.3, -0.25) is 9.39 Å². The molecule has 0 saturated heterocycles. The lowest BCUT2D eigenvalue weighted by atomic mass is 10.1. The molecule has 1 aromatic carbocycles. The minimum Gasteiger partial charge on any atom is -0.473 e. The van der Waals surface area contributed by atoms with Crippen molar-refractivity contribution in [1.82, 2.24) is 19.4 Å². The number of ether oxygens (including phenoxy) is 2. The number of imidazole rings is 1. The summed E-state index contributed by atoms with van der Waals surface area (Å²) in [5.74, 6) is 1.35. The van der Waals surface area contributed by atoms with Crippen molar-refractivity contribution in [1.29, 1.82) is 0 Å². The van der Waals surface area contributed by atoms with E-state index < -0.39 is 11.9 Å². The highest BCUT2D eigenvalue weighted by atomic mass is 32.1. The topological polar surface area (TPSA) is 86.3 Å². The van der Waals surface area contributed by atoms with Crippen LogP contribution < -0.4 is 9.47 Å². The monoisotopic (exact) mass is 472 g/mol. The number of fused-ring (bicyclic) bond motifs is 1. The van der Waals surface area contributed by atoms with Crippen molar-refractivity contribution in [2.24, 2.45) is 9.98 Å². The molecule has 4 heterocycles. The van der Waals surface area contributed by atoms with Gasteiger partial charge in [0.2, 0.25) is 11.7 Å². The average Bonchev–Trinajstić information content (AvgIpc) is 3.46. The number of rotatable bonds is 6. The molecule has 0 saturated carbocycles. The van der Waals surface area contributed by atoms with Gasteiger partial charge in [0.15, 0.2) is 5.69 Å². The largest absolute Gasteiger partial charge is 0.473 e. The summed E-state index contributed by atoms with van der Waals surface area (Å²) < 4.78 is 51.0. The van der Waals surface area contributed by atoms with Gasteiger partial charge in [0, 0.05) is 23.9 Å². The number of hydrogen-bond acceptors (Lipinski definition) is 8. The maximum Gasteiger partial charge on any atom is 0.434 e. The number of alkyl halides is 3. The first kappa shape index (κ1) is 21.1. The molecule has 0 amide bonds. The summed E-state index contributed by atoms with van der Waals surface area (Å²) in [5, 5.41) is 0.843. The van der Waals surface area contributed by atoms with Crippen LogP contribution in [0.2, 0.25) is 0 Å². The second-order valence-electron chi connectivity index (χ2n) is 7.04. The van der Waals surface area contributed by atoms with E-state index in [-0.39, 0.29) is 17.7 Å². The summed E-state index contributed by atoms with van der Waals surface area (Å²) in [6.07, 6.45) is 2.46. The Morgan fingerprint density at radius 2 is 1.97 bits per heavy atom. The summed E-state index contributed by atoms with van der Waals surface area (Å²) in [5.41, 5.74) is 0.809. The minimum atomic E-state index is -4.49. The van der Waals surface area contributed by atoms with E-state index >= 15 is 0 Å². The summed E-state index contributed by atoms with van der Waals surface area (Å²) in [6.45, 7) is 0.859. The second kappa shape index (κ2) is 8.62. The molecule has 0 fully saturated rings. The fourth-order valence-electron chi connectivity index (χ4n) is 3.14. The number of nitrogens with zero attached hydrogens (tertiary/aromatic N) is 6. The quantitative estimate of drug-likeness (QED) is 0.403. The van der Waals surface area contributed by atoms with Crippen molar-refractivity contribution < 1.29 is 22.6 Å². The van der Waals surface area contributed by atoms with E-state index in [1.165, 1.54) is 6.34 Å². The van der Waals surface area contributed by atoms with Gasteiger partial charge in [-0.25, -0.2) is 9.98 Å². The summed E-state index contributed by atoms with van der Waals surface area (Å²) in [7, 11) is 0. The van der Waals surface area contributed by atoms with Crippen molar-refractivity contribution in [2.75, 3.05) is 6.54 Å². The Morgan fingerprint density at radius 1 is 1.12 bits per heavy atom. The number of thiazole rings is 1. The van der Waals surface area contributed by atoms with Crippen LogP contribution in [0.5, 0.6) is 16.8 Å². The highest BCUT2D eigenvalue weighted by Crippen LogP contribution is 2.34. The summed E-state index contributed by atoms with van der Waals surface area (Å²) in [4.78, 5) is 20.5. The molecule has 0 N–H and O–H groups in total. The van der Waals surface area contributed by atoms with Crippen molar-refractivity contribution in [3.63, 3.8) is 0 Å². The molecule has 1 aliphatic rings. The fourth-order valence-corrected chi connectivity index (χ4v) is 3.84. The SMILES string of the molecule is FC(F)(F)c1csc(Oc2ccc(COc3ccn4c(C5C=NC=NC5)cnc4n3)cc2)n1. The normalized spacial score (nSPS) is 15.8. The van der Waals surface area contributed by atoms with E-state index in [2.05, 4.69) is 24.9 Å². The molecule has 168 valence electrons. The molecule has 1 aliphatic heterocycles. The lowest BCUT2D eigenvalue weighted by Gasteiger charge is -2.11. The Labute approximate surface area is 189 Å². The Kier molecular flexibility index (Phi) is 5.50. The molecule has 5 rings (SSSR count). The van der Waals surface area contributed by atoms with E-state index in [0.717, 1.165) is 28.0 Å². The molecule has 4 aromatic rings. The van der Waals surface area contributed by atoms with E-state index in [4.69, 9.17) is 9.47 Å². The van der Waals surface area contributed by atoms with Crippen molar-refractivity contribution >= 4 is 29.7 Å². The van der Waals surface area contributed by atoms with Crippen LogP contribution in [0.1, 0.15) is 22.9 Å². The van der Waals surface area contributed by atoms with E-state index in [1.807, 2.05) is 16.8 Å². The zero-order chi connectivity index (χ0) is 22.8. The van der Waals surface area contributed by atoms with E-state index in [1.54, 1.807) is 36.5 Å². The van der Waals surface area contributed by atoms with Gasteiger partial charge < -0.3 is 9.47 Å². The first-order chi connectivity index (χ1) is 16.0. The molecule has 12 heteroatoms. The number of benzene rings is 1. The number of halogens is 3.